The molecule has 1 aliphatic heterocycles. The fraction of sp³-hybridized carbons (Fsp3) is 0.333. The molecule has 0 saturated carbocycles. The van der Waals surface area contributed by atoms with Crippen LogP contribution >= 0.6 is 0 Å². The zero-order chi connectivity index (χ0) is 15.4. The number of likely N-dealkylation sites (N-methyl/N-ethyl adjacent to an activating group) is 1. The lowest BCUT2D eigenvalue weighted by atomic mass is 9.92. The molecule has 1 heteroatoms. The SMILES string of the molecule is C[N+]1(C)CCCCC1C=C(c1ccccc1)c1ccccc1. The minimum absolute atomic E-state index is 0.601. The summed E-state index contributed by atoms with van der Waals surface area (Å²) in [5, 5.41) is 0. The van der Waals surface area contributed by atoms with E-state index in [0.717, 1.165) is 4.48 Å². The maximum Gasteiger partial charge on any atom is 0.108 e. The maximum atomic E-state index is 2.52. The lowest BCUT2D eigenvalue weighted by molar-refractivity contribution is -0.913. The number of benzene rings is 2. The van der Waals surface area contributed by atoms with E-state index in [0.29, 0.717) is 6.04 Å². The van der Waals surface area contributed by atoms with Gasteiger partial charge in [0.2, 0.25) is 0 Å². The Morgan fingerprint density at radius 3 is 1.91 bits per heavy atom. The predicted molar refractivity (Wildman–Crippen MR) is 94.6 cm³/mol. The fourth-order valence-electron chi connectivity index (χ4n) is 3.46. The first kappa shape index (κ1) is 15.1. The molecule has 1 aliphatic rings. The molecule has 1 heterocycles. The molecule has 1 fully saturated rings. The molecule has 114 valence electrons. The molecular weight excluding hydrogens is 266 g/mol. The van der Waals surface area contributed by atoms with E-state index in [-0.39, 0.29) is 0 Å². The Morgan fingerprint density at radius 2 is 1.41 bits per heavy atom. The number of nitrogens with zero attached hydrogens (tertiary/aromatic N) is 1. The zero-order valence-corrected chi connectivity index (χ0v) is 13.7. The van der Waals surface area contributed by atoms with Crippen LogP contribution in [0.4, 0.5) is 0 Å². The Balaban J connectivity index is 2.04. The van der Waals surface area contributed by atoms with Gasteiger partial charge in [0.15, 0.2) is 0 Å². The van der Waals surface area contributed by atoms with Gasteiger partial charge >= 0.3 is 0 Å². The highest BCUT2D eigenvalue weighted by atomic mass is 15.3. The molecule has 1 nitrogen and oxygen atoms in total. The zero-order valence-electron chi connectivity index (χ0n) is 13.7. The molecule has 1 atom stereocenters. The number of hydrogen-bond donors (Lipinski definition) is 0. The summed E-state index contributed by atoms with van der Waals surface area (Å²) in [7, 11) is 4.74. The third-order valence-corrected chi connectivity index (χ3v) is 4.91. The van der Waals surface area contributed by atoms with Crippen LogP contribution in [-0.4, -0.2) is 31.2 Å². The van der Waals surface area contributed by atoms with E-state index in [2.05, 4.69) is 80.8 Å². The van der Waals surface area contributed by atoms with Crippen molar-refractivity contribution in [2.45, 2.75) is 25.3 Å². The van der Waals surface area contributed by atoms with Crippen LogP contribution in [0.15, 0.2) is 66.7 Å². The van der Waals surface area contributed by atoms with Crippen molar-refractivity contribution in [1.29, 1.82) is 0 Å². The van der Waals surface area contributed by atoms with E-state index in [1.54, 1.807) is 0 Å². The molecule has 2 aromatic carbocycles. The second-order valence-corrected chi connectivity index (χ2v) is 6.88. The summed E-state index contributed by atoms with van der Waals surface area (Å²) >= 11 is 0. The summed E-state index contributed by atoms with van der Waals surface area (Å²) in [6.45, 7) is 1.28. The van der Waals surface area contributed by atoms with Gasteiger partial charge in [-0.25, -0.2) is 0 Å². The second kappa shape index (κ2) is 6.50. The molecule has 0 aliphatic carbocycles. The van der Waals surface area contributed by atoms with E-state index >= 15 is 0 Å². The van der Waals surface area contributed by atoms with Gasteiger partial charge in [-0.05, 0) is 35.6 Å². The first-order valence-corrected chi connectivity index (χ1v) is 8.32. The van der Waals surface area contributed by atoms with Crippen LogP contribution < -0.4 is 0 Å². The first-order valence-electron chi connectivity index (χ1n) is 8.32. The first-order chi connectivity index (χ1) is 10.7. The van der Waals surface area contributed by atoms with Crippen LogP contribution in [0.2, 0.25) is 0 Å². The summed E-state index contributed by atoms with van der Waals surface area (Å²) in [6, 6.07) is 22.2. The maximum absolute atomic E-state index is 2.52. The molecule has 1 unspecified atom stereocenters. The summed E-state index contributed by atoms with van der Waals surface area (Å²) in [5.41, 5.74) is 4.01. The van der Waals surface area contributed by atoms with Crippen LogP contribution in [0.1, 0.15) is 30.4 Å². The van der Waals surface area contributed by atoms with Gasteiger partial charge in [-0.1, -0.05) is 60.7 Å². The van der Waals surface area contributed by atoms with Gasteiger partial charge in [-0.2, -0.15) is 0 Å². The van der Waals surface area contributed by atoms with Gasteiger partial charge in [-0.15, -0.1) is 0 Å². The van der Waals surface area contributed by atoms with Crippen molar-refractivity contribution in [3.63, 3.8) is 0 Å². The highest BCUT2D eigenvalue weighted by Crippen LogP contribution is 2.29. The summed E-state index contributed by atoms with van der Waals surface area (Å²) in [6.07, 6.45) is 6.50. The van der Waals surface area contributed by atoms with E-state index in [1.807, 2.05) is 0 Å². The lowest BCUT2D eigenvalue weighted by Crippen LogP contribution is -2.51. The highest BCUT2D eigenvalue weighted by Gasteiger charge is 2.30. The summed E-state index contributed by atoms with van der Waals surface area (Å²) in [5.74, 6) is 0. The quantitative estimate of drug-likeness (QED) is 0.716. The number of quaternary nitrogens is 1. The minimum Gasteiger partial charge on any atom is -0.323 e. The Kier molecular flexibility index (Phi) is 4.44. The Morgan fingerprint density at radius 1 is 0.864 bits per heavy atom. The normalized spacial score (nSPS) is 20.4. The topological polar surface area (TPSA) is 0 Å². The van der Waals surface area contributed by atoms with E-state index in [9.17, 15) is 0 Å². The highest BCUT2D eigenvalue weighted by molar-refractivity contribution is 5.80. The van der Waals surface area contributed by atoms with Gasteiger partial charge in [0.1, 0.15) is 6.04 Å². The molecule has 0 spiro atoms. The number of hydrogen-bond acceptors (Lipinski definition) is 0. The van der Waals surface area contributed by atoms with Crippen molar-refractivity contribution < 1.29 is 4.48 Å². The van der Waals surface area contributed by atoms with E-state index in [4.69, 9.17) is 0 Å². The van der Waals surface area contributed by atoms with Crippen molar-refractivity contribution in [2.24, 2.45) is 0 Å². The van der Waals surface area contributed by atoms with Crippen molar-refractivity contribution in [3.8, 4) is 0 Å². The molecule has 0 radical (unpaired) electrons. The van der Waals surface area contributed by atoms with Crippen LogP contribution in [0.3, 0.4) is 0 Å². The van der Waals surface area contributed by atoms with Crippen LogP contribution in [0.25, 0.3) is 5.57 Å². The molecule has 0 bridgehead atoms. The van der Waals surface area contributed by atoms with Crippen LogP contribution in [-0.2, 0) is 0 Å². The standard InChI is InChI=1S/C21H26N/c1-22(2)16-10-9-15-20(22)17-21(18-11-5-3-6-12-18)19-13-7-4-8-14-19/h3-8,11-14,17,20H,9-10,15-16H2,1-2H3/q+1. The van der Waals surface area contributed by atoms with Gasteiger partial charge in [0.25, 0.3) is 0 Å². The lowest BCUT2D eigenvalue weighted by Gasteiger charge is -2.40. The molecule has 0 aromatic heterocycles. The van der Waals surface area contributed by atoms with Crippen molar-refractivity contribution in [3.05, 3.63) is 77.9 Å². The second-order valence-electron chi connectivity index (χ2n) is 6.88. The van der Waals surface area contributed by atoms with Gasteiger partial charge in [0.05, 0.1) is 20.6 Å². The molecule has 3 rings (SSSR count). The third kappa shape index (κ3) is 3.31. The Labute approximate surface area is 134 Å². The Bertz CT molecular complexity index is 584. The van der Waals surface area contributed by atoms with Gasteiger partial charge in [0, 0.05) is 6.42 Å². The molecule has 22 heavy (non-hydrogen) atoms. The molecule has 0 amide bonds. The van der Waals surface area contributed by atoms with E-state index < -0.39 is 0 Å². The largest absolute Gasteiger partial charge is 0.323 e. The van der Waals surface area contributed by atoms with Gasteiger partial charge < -0.3 is 4.48 Å². The number of piperidine rings is 1. The molecule has 0 N–H and O–H groups in total. The van der Waals surface area contributed by atoms with Crippen LogP contribution in [0, 0.1) is 0 Å². The molecule has 2 aromatic rings. The minimum atomic E-state index is 0.601. The average Bonchev–Trinajstić information content (AvgIpc) is 2.55. The smallest absolute Gasteiger partial charge is 0.108 e. The third-order valence-electron chi connectivity index (χ3n) is 4.91. The molecular formula is C21H26N+. The predicted octanol–water partition coefficient (Wildman–Crippen LogP) is 4.75. The number of likely N-dealkylation sites (tertiary alicyclic amines) is 1. The van der Waals surface area contributed by atoms with Crippen molar-refractivity contribution >= 4 is 5.57 Å². The summed E-state index contributed by atoms with van der Waals surface area (Å²) in [4.78, 5) is 0. The van der Waals surface area contributed by atoms with Crippen LogP contribution in [0.5, 0.6) is 0 Å². The summed E-state index contributed by atoms with van der Waals surface area (Å²) < 4.78 is 1.10. The average molecular weight is 292 g/mol. The monoisotopic (exact) mass is 292 g/mol. The van der Waals surface area contributed by atoms with Gasteiger partial charge in [-0.3, -0.25) is 0 Å². The van der Waals surface area contributed by atoms with Crippen molar-refractivity contribution in [2.75, 3.05) is 20.6 Å². The van der Waals surface area contributed by atoms with E-state index in [1.165, 1.54) is 42.5 Å². The Hall–Kier alpha value is -1.86. The van der Waals surface area contributed by atoms with Crippen molar-refractivity contribution in [1.82, 2.24) is 0 Å². The molecule has 1 saturated heterocycles. The fourth-order valence-corrected chi connectivity index (χ4v) is 3.46. The number of rotatable bonds is 3.